The fourth-order valence-corrected chi connectivity index (χ4v) is 5.02. The van der Waals surface area contributed by atoms with Gasteiger partial charge < -0.3 is 20.5 Å². The minimum absolute atomic E-state index is 0.00348. The molecule has 8 nitrogen and oxygen atoms in total. The van der Waals surface area contributed by atoms with E-state index in [1.54, 1.807) is 6.92 Å². The molecule has 0 saturated heterocycles. The van der Waals surface area contributed by atoms with Crippen LogP contribution in [0.4, 0.5) is 14.5 Å². The van der Waals surface area contributed by atoms with Gasteiger partial charge in [-0.3, -0.25) is 9.79 Å². The minimum Gasteiger partial charge on any atom is -0.463 e. The van der Waals surface area contributed by atoms with Gasteiger partial charge >= 0.3 is 0 Å². The fourth-order valence-electron chi connectivity index (χ4n) is 3.80. The number of benzene rings is 1. The van der Waals surface area contributed by atoms with Crippen LogP contribution in [-0.2, 0) is 10.3 Å². The van der Waals surface area contributed by atoms with Crippen LogP contribution in [0.25, 0.3) is 0 Å². The average molecular weight is 511 g/mol. The number of rotatable bonds is 8. The lowest BCUT2D eigenvalue weighted by atomic mass is 9.52. The standard InChI is InChI=1S/C22H26B3F2N5O3S/c1-4-5-34-16-9-29-15(8-30-16)18(33)31-12-6-13(17(27)14(26)7-12)21(3)10-20(2,36-19(28)32-21)11-35-22(23,24)25/h1,6-9H,5,10-11,23-25H2,2-3H3,(H2,28,32)(H,31,33)/t20-,21+/m1/s1. The smallest absolute Gasteiger partial charge is 0.275 e. The molecule has 3 N–H and O–H groups in total. The third-order valence-corrected chi connectivity index (χ3v) is 6.32. The van der Waals surface area contributed by atoms with Crippen molar-refractivity contribution in [3.8, 4) is 18.2 Å². The van der Waals surface area contributed by atoms with Gasteiger partial charge in [0.1, 0.15) is 29.2 Å². The van der Waals surface area contributed by atoms with E-state index in [1.807, 2.05) is 30.5 Å². The van der Waals surface area contributed by atoms with Gasteiger partial charge in [0.15, 0.2) is 23.4 Å². The van der Waals surface area contributed by atoms with E-state index in [-0.39, 0.29) is 39.9 Å². The van der Waals surface area contributed by atoms with Crippen molar-refractivity contribution in [3.05, 3.63) is 47.4 Å². The van der Waals surface area contributed by atoms with Crippen molar-refractivity contribution in [2.45, 2.75) is 35.9 Å². The number of hydrogen-bond donors (Lipinski definition) is 2. The summed E-state index contributed by atoms with van der Waals surface area (Å²) >= 11 is 1.33. The van der Waals surface area contributed by atoms with Crippen molar-refractivity contribution in [1.82, 2.24) is 9.97 Å². The Hall–Kier alpha value is -3.04. The molecule has 0 unspecified atom stereocenters. The van der Waals surface area contributed by atoms with Crippen LogP contribution in [-0.4, -0.2) is 67.8 Å². The minimum atomic E-state index is -1.20. The number of nitrogens with zero attached hydrogens (tertiary/aromatic N) is 3. The van der Waals surface area contributed by atoms with Gasteiger partial charge in [-0.2, -0.15) is 0 Å². The first-order valence-corrected chi connectivity index (χ1v) is 11.9. The summed E-state index contributed by atoms with van der Waals surface area (Å²) in [5.41, 5.74) is 4.87. The maximum atomic E-state index is 15.1. The molecular formula is C22H26B3F2N5O3S. The number of aliphatic imine (C=N–C) groups is 1. The van der Waals surface area contributed by atoms with E-state index < -0.39 is 27.8 Å². The number of halogens is 2. The Morgan fingerprint density at radius 3 is 2.64 bits per heavy atom. The zero-order valence-corrected chi connectivity index (χ0v) is 21.6. The number of carbonyl (C=O) groups excluding carboxylic acids is 1. The Morgan fingerprint density at radius 1 is 1.31 bits per heavy atom. The molecule has 1 aromatic carbocycles. The van der Waals surface area contributed by atoms with E-state index in [2.05, 4.69) is 26.2 Å². The van der Waals surface area contributed by atoms with Gasteiger partial charge in [0.25, 0.3) is 5.91 Å². The van der Waals surface area contributed by atoms with Gasteiger partial charge in [-0.05, 0) is 31.6 Å². The van der Waals surface area contributed by atoms with Crippen LogP contribution in [0.1, 0.15) is 36.3 Å². The van der Waals surface area contributed by atoms with Crippen molar-refractivity contribution < 1.29 is 23.0 Å². The van der Waals surface area contributed by atoms with Crippen molar-refractivity contribution in [2.75, 3.05) is 18.5 Å². The summed E-state index contributed by atoms with van der Waals surface area (Å²) in [6, 6.07) is 2.25. The Morgan fingerprint density at radius 2 is 2.03 bits per heavy atom. The number of nitrogens with one attached hydrogen (secondary N) is 1. The summed E-state index contributed by atoms with van der Waals surface area (Å²) in [7, 11) is 5.80. The molecule has 186 valence electrons. The first-order chi connectivity index (χ1) is 16.7. The fraction of sp³-hybridized carbons (Fsp3) is 0.364. The summed E-state index contributed by atoms with van der Waals surface area (Å²) in [6.45, 7) is 3.95. The van der Waals surface area contributed by atoms with E-state index in [9.17, 15) is 9.18 Å². The third-order valence-electron chi connectivity index (χ3n) is 5.27. The van der Waals surface area contributed by atoms with E-state index in [4.69, 9.17) is 21.6 Å². The number of carbonyl (C=O) groups is 1. The number of aromatic nitrogens is 2. The van der Waals surface area contributed by atoms with E-state index in [0.717, 1.165) is 6.07 Å². The molecule has 0 fully saturated rings. The third kappa shape index (κ3) is 6.80. The Labute approximate surface area is 215 Å². The lowest BCUT2D eigenvalue weighted by molar-refractivity contribution is 0.100. The molecule has 0 spiro atoms. The van der Waals surface area contributed by atoms with Crippen LogP contribution in [0, 0.1) is 24.0 Å². The predicted octanol–water partition coefficient (Wildman–Crippen LogP) is -0.0282. The number of ether oxygens (including phenoxy) is 2. The number of thioether (sulfide) groups is 1. The predicted molar refractivity (Wildman–Crippen MR) is 145 cm³/mol. The topological polar surface area (TPSA) is 112 Å². The Kier molecular flexibility index (Phi) is 8.05. The summed E-state index contributed by atoms with van der Waals surface area (Å²) in [5, 5.41) is 2.38. The molecule has 2 atom stereocenters. The molecule has 1 amide bonds. The van der Waals surface area contributed by atoms with Crippen LogP contribution in [0.2, 0.25) is 0 Å². The van der Waals surface area contributed by atoms with Crippen LogP contribution < -0.4 is 15.8 Å². The SMILES string of the molecule is BC(B)(B)OC[C@@]1(C)C[C@@](C)(c2cc(NC(=O)c3cnc(OCC#C)cn3)cc(F)c2F)N=C(N)S1. The second-order valence-electron chi connectivity index (χ2n) is 9.86. The van der Waals surface area contributed by atoms with Crippen LogP contribution in [0.5, 0.6) is 5.88 Å². The van der Waals surface area contributed by atoms with Gasteiger partial charge in [-0.1, -0.05) is 17.7 Å². The second kappa shape index (κ2) is 10.5. The second-order valence-corrected chi connectivity index (χ2v) is 11.5. The highest BCUT2D eigenvalue weighted by Crippen LogP contribution is 2.46. The summed E-state index contributed by atoms with van der Waals surface area (Å²) in [4.78, 5) is 25.1. The van der Waals surface area contributed by atoms with Crippen LogP contribution >= 0.6 is 11.8 Å². The van der Waals surface area contributed by atoms with Gasteiger partial charge in [-0.15, -0.1) is 6.42 Å². The maximum absolute atomic E-state index is 15.1. The molecule has 2 heterocycles. The Balaban J connectivity index is 1.88. The van der Waals surface area contributed by atoms with E-state index in [0.29, 0.717) is 13.0 Å². The van der Waals surface area contributed by atoms with Crippen LogP contribution in [0.15, 0.2) is 29.5 Å². The van der Waals surface area contributed by atoms with E-state index in [1.165, 1.54) is 30.2 Å². The van der Waals surface area contributed by atoms with E-state index >= 15 is 4.39 Å². The number of anilines is 1. The van der Waals surface area contributed by atoms with Gasteiger partial charge in [0, 0.05) is 22.1 Å². The zero-order chi connectivity index (χ0) is 26.7. The zero-order valence-electron chi connectivity index (χ0n) is 20.8. The highest BCUT2D eigenvalue weighted by atomic mass is 32.2. The summed E-state index contributed by atoms with van der Waals surface area (Å²) in [6.07, 6.45) is 7.87. The molecule has 0 bridgehead atoms. The lowest BCUT2D eigenvalue weighted by Crippen LogP contribution is -2.46. The number of amidine groups is 1. The molecule has 2 aromatic rings. The van der Waals surface area contributed by atoms with Gasteiger partial charge in [0.05, 0.1) is 24.5 Å². The summed E-state index contributed by atoms with van der Waals surface area (Å²) in [5.74, 6) is -0.420. The quantitative estimate of drug-likeness (QED) is 0.379. The molecule has 1 aromatic heterocycles. The molecule has 1 aliphatic rings. The monoisotopic (exact) mass is 511 g/mol. The molecular weight excluding hydrogens is 485 g/mol. The van der Waals surface area contributed by atoms with Crippen LogP contribution in [0.3, 0.4) is 0 Å². The van der Waals surface area contributed by atoms with Crippen molar-refractivity contribution >= 4 is 52.1 Å². The molecule has 0 saturated carbocycles. The van der Waals surface area contributed by atoms with Crippen molar-refractivity contribution in [3.63, 3.8) is 0 Å². The maximum Gasteiger partial charge on any atom is 0.275 e. The molecule has 36 heavy (non-hydrogen) atoms. The first-order valence-electron chi connectivity index (χ1n) is 11.1. The number of amides is 1. The van der Waals surface area contributed by atoms with Crippen molar-refractivity contribution in [2.24, 2.45) is 10.7 Å². The number of terminal acetylenes is 1. The molecule has 0 aliphatic carbocycles. The highest BCUT2D eigenvalue weighted by molar-refractivity contribution is 8.15. The van der Waals surface area contributed by atoms with Gasteiger partial charge in [0.2, 0.25) is 5.88 Å². The Bertz CT molecular complexity index is 1220. The number of nitrogens with two attached hydrogens (primary N) is 1. The highest BCUT2D eigenvalue weighted by Gasteiger charge is 2.44. The normalized spacial score (nSPS) is 21.8. The first kappa shape index (κ1) is 27.6. The lowest BCUT2D eigenvalue weighted by Gasteiger charge is -2.42. The molecule has 1 aliphatic heterocycles. The van der Waals surface area contributed by atoms with Crippen molar-refractivity contribution in [1.29, 1.82) is 0 Å². The number of hydrogen-bond acceptors (Lipinski definition) is 8. The molecule has 3 rings (SSSR count). The van der Waals surface area contributed by atoms with Gasteiger partial charge in [-0.25, -0.2) is 18.7 Å². The molecule has 0 radical (unpaired) electrons. The largest absolute Gasteiger partial charge is 0.463 e. The average Bonchev–Trinajstić information content (AvgIpc) is 2.77. The summed E-state index contributed by atoms with van der Waals surface area (Å²) < 4.78 is 40.3. The molecule has 14 heteroatoms.